The number of hydrogen-bond acceptors (Lipinski definition) is 4. The standard InChI is InChI=1S/C16H14ClN3O3/c17-12-5-7-13(8-6-12)19-15(22)9-16(23)20-18-10-11-3-1-2-4-14(11)21/h1-8,10,21H,9H2,(H,19,22)(H,20,23)/b18-10+. The van der Waals surface area contributed by atoms with E-state index in [4.69, 9.17) is 11.6 Å². The fraction of sp³-hybridized carbons (Fsp3) is 0.0625. The van der Waals surface area contributed by atoms with Crippen LogP contribution in [0.1, 0.15) is 12.0 Å². The highest BCUT2D eigenvalue weighted by Gasteiger charge is 2.09. The Hall–Kier alpha value is -2.86. The van der Waals surface area contributed by atoms with Crippen LogP contribution in [0.4, 0.5) is 5.69 Å². The molecule has 0 heterocycles. The van der Waals surface area contributed by atoms with E-state index < -0.39 is 11.8 Å². The van der Waals surface area contributed by atoms with E-state index in [1.807, 2.05) is 0 Å². The lowest BCUT2D eigenvalue weighted by molar-refractivity contribution is -0.126. The molecule has 0 spiro atoms. The summed E-state index contributed by atoms with van der Waals surface area (Å²) < 4.78 is 0. The summed E-state index contributed by atoms with van der Waals surface area (Å²) in [4.78, 5) is 23.3. The smallest absolute Gasteiger partial charge is 0.249 e. The Morgan fingerprint density at radius 3 is 2.48 bits per heavy atom. The molecule has 0 aliphatic heterocycles. The van der Waals surface area contributed by atoms with Crippen molar-refractivity contribution in [2.24, 2.45) is 5.10 Å². The third-order valence-corrected chi connectivity index (χ3v) is 3.03. The van der Waals surface area contributed by atoms with Gasteiger partial charge in [-0.2, -0.15) is 5.10 Å². The van der Waals surface area contributed by atoms with Crippen molar-refractivity contribution in [1.29, 1.82) is 0 Å². The quantitative estimate of drug-likeness (QED) is 0.446. The number of para-hydroxylation sites is 1. The maximum atomic E-state index is 11.7. The molecule has 2 rings (SSSR count). The molecule has 0 saturated heterocycles. The van der Waals surface area contributed by atoms with E-state index in [-0.39, 0.29) is 12.2 Å². The number of anilines is 1. The lowest BCUT2D eigenvalue weighted by atomic mass is 10.2. The van der Waals surface area contributed by atoms with E-state index in [1.54, 1.807) is 42.5 Å². The van der Waals surface area contributed by atoms with Gasteiger partial charge in [-0.25, -0.2) is 5.43 Å². The van der Waals surface area contributed by atoms with Gasteiger partial charge < -0.3 is 10.4 Å². The molecule has 7 heteroatoms. The summed E-state index contributed by atoms with van der Waals surface area (Å²) in [6.45, 7) is 0. The number of hydrogen-bond donors (Lipinski definition) is 3. The van der Waals surface area contributed by atoms with Gasteiger partial charge in [-0.05, 0) is 36.4 Å². The molecule has 2 aromatic carbocycles. The van der Waals surface area contributed by atoms with Gasteiger partial charge in [-0.3, -0.25) is 9.59 Å². The second-order valence-electron chi connectivity index (χ2n) is 4.58. The normalized spacial score (nSPS) is 10.5. The number of halogens is 1. The first-order valence-corrected chi connectivity index (χ1v) is 7.08. The highest BCUT2D eigenvalue weighted by molar-refractivity contribution is 6.30. The Bertz CT molecular complexity index is 730. The summed E-state index contributed by atoms with van der Waals surface area (Å²) in [5.74, 6) is -0.989. The Morgan fingerprint density at radius 1 is 1.09 bits per heavy atom. The van der Waals surface area contributed by atoms with Crippen LogP contribution in [-0.2, 0) is 9.59 Å². The molecule has 0 atom stereocenters. The summed E-state index contributed by atoms with van der Waals surface area (Å²) in [6.07, 6.45) is 0.922. The molecule has 0 aliphatic rings. The van der Waals surface area contributed by atoms with Gasteiger partial charge in [0, 0.05) is 16.3 Å². The number of phenolic OH excluding ortho intramolecular Hbond substituents is 1. The van der Waals surface area contributed by atoms with Gasteiger partial charge in [0.25, 0.3) is 0 Å². The van der Waals surface area contributed by atoms with Crippen molar-refractivity contribution in [2.45, 2.75) is 6.42 Å². The molecule has 0 aromatic heterocycles. The summed E-state index contributed by atoms with van der Waals surface area (Å²) in [5, 5.41) is 16.3. The van der Waals surface area contributed by atoms with Crippen LogP contribution in [0.25, 0.3) is 0 Å². The van der Waals surface area contributed by atoms with Gasteiger partial charge >= 0.3 is 0 Å². The number of carbonyl (C=O) groups is 2. The van der Waals surface area contributed by atoms with Crippen LogP contribution in [-0.4, -0.2) is 23.1 Å². The van der Waals surface area contributed by atoms with Gasteiger partial charge in [0.2, 0.25) is 11.8 Å². The zero-order chi connectivity index (χ0) is 16.7. The van der Waals surface area contributed by atoms with Crippen LogP contribution in [0.3, 0.4) is 0 Å². The van der Waals surface area contributed by atoms with Gasteiger partial charge in [0.1, 0.15) is 12.2 Å². The van der Waals surface area contributed by atoms with Crippen molar-refractivity contribution in [3.63, 3.8) is 0 Å². The summed E-state index contributed by atoms with van der Waals surface area (Å²) in [5.41, 5.74) is 3.22. The molecule has 0 aliphatic carbocycles. The predicted octanol–water partition coefficient (Wildman–Crippen LogP) is 2.52. The van der Waals surface area contributed by atoms with Crippen molar-refractivity contribution in [3.8, 4) is 5.75 Å². The average Bonchev–Trinajstić information content (AvgIpc) is 2.51. The number of nitrogens with zero attached hydrogens (tertiary/aromatic N) is 1. The number of rotatable bonds is 5. The lowest BCUT2D eigenvalue weighted by Gasteiger charge is -2.04. The Morgan fingerprint density at radius 2 is 1.78 bits per heavy atom. The molecule has 23 heavy (non-hydrogen) atoms. The summed E-state index contributed by atoms with van der Waals surface area (Å²) in [7, 11) is 0. The van der Waals surface area contributed by atoms with Crippen LogP contribution < -0.4 is 10.7 Å². The number of hydrazone groups is 1. The number of phenols is 1. The van der Waals surface area contributed by atoms with E-state index in [9.17, 15) is 14.7 Å². The van der Waals surface area contributed by atoms with Gasteiger partial charge in [-0.15, -0.1) is 0 Å². The monoisotopic (exact) mass is 331 g/mol. The minimum absolute atomic E-state index is 0.0472. The Kier molecular flexibility index (Phi) is 5.71. The van der Waals surface area contributed by atoms with Gasteiger partial charge in [0.05, 0.1) is 6.21 Å². The van der Waals surface area contributed by atoms with E-state index in [0.29, 0.717) is 16.3 Å². The molecule has 0 radical (unpaired) electrons. The third kappa shape index (κ3) is 5.44. The third-order valence-electron chi connectivity index (χ3n) is 2.78. The van der Waals surface area contributed by atoms with Crippen LogP contribution in [0.15, 0.2) is 53.6 Å². The first-order chi connectivity index (χ1) is 11.0. The number of carbonyl (C=O) groups excluding carboxylic acids is 2. The summed E-state index contributed by atoms with van der Waals surface area (Å²) in [6, 6.07) is 13.1. The Labute approximate surface area is 137 Å². The minimum atomic E-state index is -0.567. The molecule has 3 N–H and O–H groups in total. The minimum Gasteiger partial charge on any atom is -0.507 e. The topological polar surface area (TPSA) is 90.8 Å². The SMILES string of the molecule is O=C(CC(=O)Nc1ccc(Cl)cc1)N/N=C/c1ccccc1O. The molecule has 6 nitrogen and oxygen atoms in total. The van der Waals surface area contributed by atoms with Crippen molar-refractivity contribution in [2.75, 3.05) is 5.32 Å². The fourth-order valence-electron chi connectivity index (χ4n) is 1.69. The van der Waals surface area contributed by atoms with Crippen LogP contribution >= 0.6 is 11.6 Å². The molecular weight excluding hydrogens is 318 g/mol. The zero-order valence-electron chi connectivity index (χ0n) is 12.0. The number of nitrogens with one attached hydrogen (secondary N) is 2. The second-order valence-corrected chi connectivity index (χ2v) is 5.02. The largest absolute Gasteiger partial charge is 0.507 e. The number of amides is 2. The van der Waals surface area contributed by atoms with E-state index in [0.717, 1.165) is 0 Å². The first kappa shape index (κ1) is 16.5. The Balaban J connectivity index is 1.81. The van der Waals surface area contributed by atoms with E-state index >= 15 is 0 Å². The van der Waals surface area contributed by atoms with E-state index in [2.05, 4.69) is 15.8 Å². The van der Waals surface area contributed by atoms with Crippen LogP contribution in [0.2, 0.25) is 5.02 Å². The fourth-order valence-corrected chi connectivity index (χ4v) is 1.82. The maximum absolute atomic E-state index is 11.7. The molecule has 2 amide bonds. The molecule has 0 bridgehead atoms. The lowest BCUT2D eigenvalue weighted by Crippen LogP contribution is -2.24. The summed E-state index contributed by atoms with van der Waals surface area (Å²) >= 11 is 5.74. The zero-order valence-corrected chi connectivity index (χ0v) is 12.7. The first-order valence-electron chi connectivity index (χ1n) is 6.70. The molecule has 2 aromatic rings. The van der Waals surface area contributed by atoms with Crippen molar-refractivity contribution < 1.29 is 14.7 Å². The highest BCUT2D eigenvalue weighted by Crippen LogP contribution is 2.14. The molecule has 0 unspecified atom stereocenters. The average molecular weight is 332 g/mol. The van der Waals surface area contributed by atoms with Crippen LogP contribution in [0.5, 0.6) is 5.75 Å². The van der Waals surface area contributed by atoms with Crippen molar-refractivity contribution in [1.82, 2.24) is 5.43 Å². The number of aromatic hydroxyl groups is 1. The number of benzene rings is 2. The predicted molar refractivity (Wildman–Crippen MR) is 88.5 cm³/mol. The maximum Gasteiger partial charge on any atom is 0.249 e. The van der Waals surface area contributed by atoms with Gasteiger partial charge in [0.15, 0.2) is 0 Å². The molecule has 0 saturated carbocycles. The highest BCUT2D eigenvalue weighted by atomic mass is 35.5. The van der Waals surface area contributed by atoms with Crippen molar-refractivity contribution in [3.05, 3.63) is 59.1 Å². The van der Waals surface area contributed by atoms with E-state index in [1.165, 1.54) is 12.3 Å². The molecule has 118 valence electrons. The van der Waals surface area contributed by atoms with Gasteiger partial charge in [-0.1, -0.05) is 23.7 Å². The van der Waals surface area contributed by atoms with Crippen molar-refractivity contribution >= 4 is 35.3 Å². The molecule has 0 fully saturated rings. The second kappa shape index (κ2) is 7.95. The van der Waals surface area contributed by atoms with Crippen LogP contribution in [0, 0.1) is 0 Å². The molecular formula is C16H14ClN3O3.